The second-order valence-corrected chi connectivity index (χ2v) is 7.34. The summed E-state index contributed by atoms with van der Waals surface area (Å²) in [5.41, 5.74) is -1.31. The van der Waals surface area contributed by atoms with E-state index in [-0.39, 0.29) is 12.3 Å². The summed E-state index contributed by atoms with van der Waals surface area (Å²) in [5.74, 6) is -2.92. The Morgan fingerprint density at radius 3 is 2.17 bits per heavy atom. The minimum Gasteiger partial charge on any atom is -0.461 e. The standard InChI is InChI=1S/C19H14F2N2O6S/c1-2-28-19(25)18-16(29-30(26,27)15-9-5-13(21)6-10-15)11-17(24)23(22-18)14-7-3-12(20)4-8-14/h3-11H,2H2,1H3. The van der Waals surface area contributed by atoms with Crippen LogP contribution >= 0.6 is 0 Å². The zero-order valence-corrected chi connectivity index (χ0v) is 16.2. The molecule has 0 bridgehead atoms. The molecule has 0 aliphatic carbocycles. The van der Waals surface area contributed by atoms with E-state index in [1.54, 1.807) is 0 Å². The van der Waals surface area contributed by atoms with E-state index in [2.05, 4.69) is 5.10 Å². The first-order chi connectivity index (χ1) is 14.2. The number of ether oxygens (including phenoxy) is 1. The van der Waals surface area contributed by atoms with E-state index in [0.717, 1.165) is 47.1 Å². The van der Waals surface area contributed by atoms with Gasteiger partial charge in [0.15, 0.2) is 5.75 Å². The molecule has 0 aliphatic heterocycles. The van der Waals surface area contributed by atoms with Gasteiger partial charge in [-0.05, 0) is 55.5 Å². The Bertz CT molecular complexity index is 1240. The highest BCUT2D eigenvalue weighted by molar-refractivity contribution is 7.87. The summed E-state index contributed by atoms with van der Waals surface area (Å²) >= 11 is 0. The molecular weight excluding hydrogens is 422 g/mol. The molecule has 2 aromatic carbocycles. The second-order valence-electron chi connectivity index (χ2n) is 5.80. The van der Waals surface area contributed by atoms with Crippen LogP contribution in [0.25, 0.3) is 5.69 Å². The third-order valence-electron chi connectivity index (χ3n) is 3.74. The number of benzene rings is 2. The maximum Gasteiger partial charge on any atom is 0.362 e. The predicted octanol–water partition coefficient (Wildman–Crippen LogP) is 2.46. The van der Waals surface area contributed by atoms with E-state index in [1.807, 2.05) is 0 Å². The molecule has 0 aliphatic rings. The van der Waals surface area contributed by atoms with Crippen molar-refractivity contribution in [3.63, 3.8) is 0 Å². The molecule has 0 amide bonds. The van der Waals surface area contributed by atoms with Crippen LogP contribution < -0.4 is 9.74 Å². The predicted molar refractivity (Wildman–Crippen MR) is 100.0 cm³/mol. The number of hydrogen-bond donors (Lipinski definition) is 0. The summed E-state index contributed by atoms with van der Waals surface area (Å²) in [5, 5.41) is 3.84. The Morgan fingerprint density at radius 2 is 1.60 bits per heavy atom. The van der Waals surface area contributed by atoms with Gasteiger partial charge >= 0.3 is 16.1 Å². The Kier molecular flexibility index (Phi) is 5.92. The minimum absolute atomic E-state index is 0.0552. The smallest absolute Gasteiger partial charge is 0.362 e. The van der Waals surface area contributed by atoms with E-state index in [4.69, 9.17) is 8.92 Å². The number of aromatic nitrogens is 2. The van der Waals surface area contributed by atoms with Gasteiger partial charge in [-0.15, -0.1) is 0 Å². The monoisotopic (exact) mass is 436 g/mol. The Morgan fingerprint density at radius 1 is 1.03 bits per heavy atom. The molecule has 1 aromatic heterocycles. The van der Waals surface area contributed by atoms with Gasteiger partial charge in [0.2, 0.25) is 5.69 Å². The quantitative estimate of drug-likeness (QED) is 0.432. The van der Waals surface area contributed by atoms with Crippen molar-refractivity contribution in [3.8, 4) is 11.4 Å². The van der Waals surface area contributed by atoms with E-state index < -0.39 is 49.6 Å². The topological polar surface area (TPSA) is 105 Å². The van der Waals surface area contributed by atoms with Crippen molar-refractivity contribution >= 4 is 16.1 Å². The molecule has 1 heterocycles. The molecule has 8 nitrogen and oxygen atoms in total. The number of carbonyl (C=O) groups excluding carboxylic acids is 1. The molecule has 0 spiro atoms. The zero-order chi connectivity index (χ0) is 21.9. The van der Waals surface area contributed by atoms with Gasteiger partial charge in [0.1, 0.15) is 16.5 Å². The molecule has 0 radical (unpaired) electrons. The van der Waals surface area contributed by atoms with Crippen molar-refractivity contribution in [3.05, 3.63) is 82.3 Å². The van der Waals surface area contributed by atoms with Crippen LogP contribution in [0.2, 0.25) is 0 Å². The first-order valence-corrected chi connectivity index (χ1v) is 9.89. The van der Waals surface area contributed by atoms with Gasteiger partial charge in [0.05, 0.1) is 18.4 Å². The molecule has 0 saturated carbocycles. The highest BCUT2D eigenvalue weighted by atomic mass is 32.2. The highest BCUT2D eigenvalue weighted by Crippen LogP contribution is 2.22. The first-order valence-electron chi connectivity index (χ1n) is 8.49. The van der Waals surface area contributed by atoms with Gasteiger partial charge in [0.25, 0.3) is 5.56 Å². The molecule has 0 fully saturated rings. The lowest BCUT2D eigenvalue weighted by Crippen LogP contribution is -2.26. The fourth-order valence-corrected chi connectivity index (χ4v) is 3.31. The third-order valence-corrected chi connectivity index (χ3v) is 4.99. The van der Waals surface area contributed by atoms with E-state index in [0.29, 0.717) is 0 Å². The molecule has 11 heteroatoms. The summed E-state index contributed by atoms with van der Waals surface area (Å²) in [4.78, 5) is 24.4. The Hall–Kier alpha value is -3.60. The molecule has 30 heavy (non-hydrogen) atoms. The van der Waals surface area contributed by atoms with E-state index >= 15 is 0 Å². The lowest BCUT2D eigenvalue weighted by atomic mass is 10.3. The fourth-order valence-electron chi connectivity index (χ4n) is 2.38. The van der Waals surface area contributed by atoms with Gasteiger partial charge in [-0.3, -0.25) is 4.79 Å². The molecule has 3 aromatic rings. The number of carbonyl (C=O) groups is 1. The average Bonchev–Trinajstić information content (AvgIpc) is 2.69. The molecule has 3 rings (SSSR count). The van der Waals surface area contributed by atoms with Crippen LogP contribution in [0.15, 0.2) is 64.3 Å². The average molecular weight is 436 g/mol. The number of esters is 1. The first kappa shape index (κ1) is 21.1. The van der Waals surface area contributed by atoms with Crippen LogP contribution in [0.4, 0.5) is 8.78 Å². The van der Waals surface area contributed by atoms with Crippen LogP contribution in [0.1, 0.15) is 17.4 Å². The second kappa shape index (κ2) is 8.41. The van der Waals surface area contributed by atoms with Gasteiger partial charge in [-0.25, -0.2) is 13.6 Å². The Labute approximate surface area is 169 Å². The minimum atomic E-state index is -4.51. The number of nitrogens with zero attached hydrogens (tertiary/aromatic N) is 2. The summed E-state index contributed by atoms with van der Waals surface area (Å²) in [7, 11) is -4.51. The lowest BCUT2D eigenvalue weighted by molar-refractivity contribution is 0.0515. The molecule has 0 N–H and O–H groups in total. The van der Waals surface area contributed by atoms with Crippen molar-refractivity contribution in [2.75, 3.05) is 6.61 Å². The lowest BCUT2D eigenvalue weighted by Gasteiger charge is -2.12. The SMILES string of the molecule is CCOC(=O)c1nn(-c2ccc(F)cc2)c(=O)cc1OS(=O)(=O)c1ccc(F)cc1. The molecule has 0 saturated heterocycles. The molecular formula is C19H14F2N2O6S. The van der Waals surface area contributed by atoms with Crippen molar-refractivity contribution in [1.29, 1.82) is 0 Å². The molecule has 0 atom stereocenters. The highest BCUT2D eigenvalue weighted by Gasteiger charge is 2.25. The van der Waals surface area contributed by atoms with Crippen LogP contribution in [0, 0.1) is 11.6 Å². The third kappa shape index (κ3) is 4.51. The zero-order valence-electron chi connectivity index (χ0n) is 15.4. The van der Waals surface area contributed by atoms with E-state index in [9.17, 15) is 26.8 Å². The van der Waals surface area contributed by atoms with Crippen molar-refractivity contribution in [1.82, 2.24) is 9.78 Å². The van der Waals surface area contributed by atoms with Crippen molar-refractivity contribution in [2.45, 2.75) is 11.8 Å². The van der Waals surface area contributed by atoms with Gasteiger partial charge in [0, 0.05) is 0 Å². The normalized spacial score (nSPS) is 11.2. The molecule has 0 unspecified atom stereocenters. The molecule has 156 valence electrons. The maximum absolute atomic E-state index is 13.2. The number of hydrogen-bond acceptors (Lipinski definition) is 7. The largest absolute Gasteiger partial charge is 0.461 e. The van der Waals surface area contributed by atoms with E-state index in [1.165, 1.54) is 19.1 Å². The van der Waals surface area contributed by atoms with Crippen molar-refractivity contribution < 1.29 is 30.9 Å². The van der Waals surface area contributed by atoms with Gasteiger partial charge < -0.3 is 8.92 Å². The van der Waals surface area contributed by atoms with Crippen LogP contribution in [-0.4, -0.2) is 30.8 Å². The Balaban J connectivity index is 2.10. The van der Waals surface area contributed by atoms with Crippen LogP contribution in [0.3, 0.4) is 0 Å². The number of rotatable bonds is 6. The fraction of sp³-hybridized carbons (Fsp3) is 0.105. The number of halogens is 2. The van der Waals surface area contributed by atoms with Gasteiger partial charge in [-0.2, -0.15) is 18.2 Å². The van der Waals surface area contributed by atoms with Crippen LogP contribution in [-0.2, 0) is 14.9 Å². The summed E-state index contributed by atoms with van der Waals surface area (Å²) in [6, 6.07) is 9.13. The summed E-state index contributed by atoms with van der Waals surface area (Å²) in [6.07, 6.45) is 0. The van der Waals surface area contributed by atoms with Crippen LogP contribution in [0.5, 0.6) is 5.75 Å². The summed E-state index contributed by atoms with van der Waals surface area (Å²) in [6.45, 7) is 1.46. The van der Waals surface area contributed by atoms with Crippen molar-refractivity contribution in [2.24, 2.45) is 0 Å². The summed E-state index contributed by atoms with van der Waals surface area (Å²) < 4.78 is 61.7. The maximum atomic E-state index is 13.2. The van der Waals surface area contributed by atoms with Gasteiger partial charge in [-0.1, -0.05) is 0 Å².